The second-order valence-electron chi connectivity index (χ2n) is 7.64. The molecule has 172 valence electrons. The summed E-state index contributed by atoms with van der Waals surface area (Å²) in [4.78, 5) is 29.8. The number of hydrogen-bond donors (Lipinski definition) is 2. The second-order valence-corrected chi connectivity index (χ2v) is 8.48. The third-order valence-corrected chi connectivity index (χ3v) is 6.00. The van der Waals surface area contributed by atoms with Crippen molar-refractivity contribution in [2.24, 2.45) is 5.73 Å². The minimum absolute atomic E-state index is 0.00343. The number of primary amides is 1. The molecule has 9 heteroatoms. The molecule has 1 aromatic heterocycles. The van der Waals surface area contributed by atoms with Crippen molar-refractivity contribution in [2.75, 3.05) is 23.4 Å². The third kappa shape index (κ3) is 5.43. The molecule has 0 spiro atoms. The first kappa shape index (κ1) is 22.6. The van der Waals surface area contributed by atoms with Gasteiger partial charge in [-0.1, -0.05) is 26.2 Å². The van der Waals surface area contributed by atoms with E-state index in [1.54, 1.807) is 24.3 Å². The lowest BCUT2D eigenvalue weighted by molar-refractivity contribution is -0.118. The molecule has 0 unspecified atom stereocenters. The number of thiazole rings is 1. The quantitative estimate of drug-likeness (QED) is 0.415. The van der Waals surface area contributed by atoms with E-state index in [1.807, 2.05) is 23.6 Å². The zero-order valence-corrected chi connectivity index (χ0v) is 19.2. The average Bonchev–Trinajstić information content (AvgIpc) is 3.29. The van der Waals surface area contributed by atoms with Gasteiger partial charge in [-0.05, 0) is 48.9 Å². The van der Waals surface area contributed by atoms with Crippen molar-refractivity contribution in [3.63, 3.8) is 0 Å². The van der Waals surface area contributed by atoms with Crippen LogP contribution in [0.25, 0.3) is 11.3 Å². The van der Waals surface area contributed by atoms with Crippen LogP contribution in [0.4, 0.5) is 21.3 Å². The Bertz CT molecular complexity index is 1130. The zero-order valence-electron chi connectivity index (χ0n) is 18.4. The molecule has 0 saturated carbocycles. The van der Waals surface area contributed by atoms with E-state index in [1.165, 1.54) is 29.1 Å². The number of carbonyl (C=O) groups is 2. The van der Waals surface area contributed by atoms with Crippen molar-refractivity contribution in [3.8, 4) is 22.8 Å². The number of anilines is 3. The second kappa shape index (κ2) is 10.4. The van der Waals surface area contributed by atoms with E-state index in [4.69, 9.17) is 15.2 Å². The van der Waals surface area contributed by atoms with Crippen LogP contribution in [0.1, 0.15) is 32.6 Å². The lowest BCUT2D eigenvalue weighted by atomic mass is 10.1. The molecule has 1 aliphatic rings. The van der Waals surface area contributed by atoms with E-state index in [0.29, 0.717) is 34.6 Å². The SMILES string of the molecule is CCCCCCOc1ccc(N(C(N)=O)c2nc(-c3ccc4c(c3)NC(=O)CO4)cs2)cc1. The van der Waals surface area contributed by atoms with Crippen LogP contribution in [0.3, 0.4) is 0 Å². The van der Waals surface area contributed by atoms with Crippen LogP contribution in [-0.2, 0) is 4.79 Å². The number of aromatic nitrogens is 1. The monoisotopic (exact) mass is 466 g/mol. The van der Waals surface area contributed by atoms with Gasteiger partial charge >= 0.3 is 6.03 Å². The lowest BCUT2D eigenvalue weighted by Crippen LogP contribution is -2.31. The molecule has 2 aromatic carbocycles. The lowest BCUT2D eigenvalue weighted by Gasteiger charge is -2.18. The summed E-state index contributed by atoms with van der Waals surface area (Å²) in [6.07, 6.45) is 4.57. The normalized spacial score (nSPS) is 12.5. The van der Waals surface area contributed by atoms with E-state index in [-0.39, 0.29) is 12.5 Å². The first-order valence-corrected chi connectivity index (χ1v) is 11.8. The number of benzene rings is 2. The van der Waals surface area contributed by atoms with Gasteiger partial charge in [0.2, 0.25) is 0 Å². The Hall–Kier alpha value is -3.59. The van der Waals surface area contributed by atoms with Gasteiger partial charge in [-0.2, -0.15) is 0 Å². The van der Waals surface area contributed by atoms with Gasteiger partial charge in [0.25, 0.3) is 5.91 Å². The number of amides is 3. The molecule has 33 heavy (non-hydrogen) atoms. The van der Waals surface area contributed by atoms with Crippen molar-refractivity contribution in [2.45, 2.75) is 32.6 Å². The maximum atomic E-state index is 12.3. The van der Waals surface area contributed by atoms with E-state index in [2.05, 4.69) is 17.2 Å². The van der Waals surface area contributed by atoms with Crippen molar-refractivity contribution in [1.29, 1.82) is 0 Å². The number of hydrogen-bond acceptors (Lipinski definition) is 6. The molecule has 3 aromatic rings. The maximum Gasteiger partial charge on any atom is 0.325 e. The minimum Gasteiger partial charge on any atom is -0.494 e. The van der Waals surface area contributed by atoms with Crippen LogP contribution in [-0.4, -0.2) is 30.1 Å². The summed E-state index contributed by atoms with van der Waals surface area (Å²) < 4.78 is 11.2. The Morgan fingerprint density at radius 3 is 2.79 bits per heavy atom. The van der Waals surface area contributed by atoms with Gasteiger partial charge in [-0.3, -0.25) is 4.79 Å². The van der Waals surface area contributed by atoms with Gasteiger partial charge in [-0.25, -0.2) is 14.7 Å². The molecule has 0 saturated heterocycles. The molecule has 0 atom stereocenters. The minimum atomic E-state index is -0.629. The highest BCUT2D eigenvalue weighted by Crippen LogP contribution is 2.36. The molecule has 1 aliphatic heterocycles. The summed E-state index contributed by atoms with van der Waals surface area (Å²) in [5.41, 5.74) is 8.33. The summed E-state index contributed by atoms with van der Waals surface area (Å²) in [6, 6.07) is 12.0. The Labute approximate surface area is 196 Å². The fourth-order valence-corrected chi connectivity index (χ4v) is 4.34. The Morgan fingerprint density at radius 1 is 1.21 bits per heavy atom. The topological polar surface area (TPSA) is 107 Å². The van der Waals surface area contributed by atoms with Gasteiger partial charge < -0.3 is 20.5 Å². The van der Waals surface area contributed by atoms with E-state index < -0.39 is 6.03 Å². The average molecular weight is 467 g/mol. The number of fused-ring (bicyclic) bond motifs is 1. The summed E-state index contributed by atoms with van der Waals surface area (Å²) in [5, 5.41) is 5.08. The highest BCUT2D eigenvalue weighted by molar-refractivity contribution is 7.14. The molecule has 3 N–H and O–H groups in total. The molecule has 3 amide bonds. The van der Waals surface area contributed by atoms with Gasteiger partial charge in [0.05, 0.1) is 23.7 Å². The Morgan fingerprint density at radius 2 is 2.03 bits per heavy atom. The van der Waals surface area contributed by atoms with E-state index in [0.717, 1.165) is 24.2 Å². The van der Waals surface area contributed by atoms with Crippen molar-refractivity contribution >= 4 is 39.8 Å². The number of rotatable bonds is 9. The fourth-order valence-electron chi connectivity index (χ4n) is 3.48. The smallest absolute Gasteiger partial charge is 0.325 e. The molecule has 4 rings (SSSR count). The molecular weight excluding hydrogens is 440 g/mol. The fraction of sp³-hybridized carbons (Fsp3) is 0.292. The highest BCUT2D eigenvalue weighted by atomic mass is 32.1. The number of carbonyl (C=O) groups excluding carboxylic acids is 2. The van der Waals surface area contributed by atoms with Crippen molar-refractivity contribution in [3.05, 3.63) is 47.8 Å². The van der Waals surface area contributed by atoms with Crippen molar-refractivity contribution < 1.29 is 19.1 Å². The number of urea groups is 1. The molecule has 8 nitrogen and oxygen atoms in total. The number of ether oxygens (including phenoxy) is 2. The molecular formula is C24H26N4O4S. The Kier molecular flexibility index (Phi) is 7.09. The summed E-state index contributed by atoms with van der Waals surface area (Å²) >= 11 is 1.30. The van der Waals surface area contributed by atoms with Crippen LogP contribution in [0.15, 0.2) is 47.8 Å². The van der Waals surface area contributed by atoms with Crippen LogP contribution in [0.2, 0.25) is 0 Å². The van der Waals surface area contributed by atoms with E-state index >= 15 is 0 Å². The maximum absolute atomic E-state index is 12.3. The molecule has 0 radical (unpaired) electrons. The molecule has 2 heterocycles. The predicted octanol–water partition coefficient (Wildman–Crippen LogP) is 5.32. The van der Waals surface area contributed by atoms with Gasteiger partial charge in [-0.15, -0.1) is 11.3 Å². The number of nitrogens with one attached hydrogen (secondary N) is 1. The molecule has 0 bridgehead atoms. The van der Waals surface area contributed by atoms with Crippen LogP contribution in [0, 0.1) is 0 Å². The number of nitrogens with two attached hydrogens (primary N) is 1. The van der Waals surface area contributed by atoms with Gasteiger partial charge in [0, 0.05) is 10.9 Å². The first-order valence-electron chi connectivity index (χ1n) is 10.9. The summed E-state index contributed by atoms with van der Waals surface area (Å²) in [5.74, 6) is 1.16. The van der Waals surface area contributed by atoms with E-state index in [9.17, 15) is 9.59 Å². The molecule has 0 aliphatic carbocycles. The number of unbranched alkanes of at least 4 members (excludes halogenated alkanes) is 3. The summed E-state index contributed by atoms with van der Waals surface area (Å²) in [6.45, 7) is 2.85. The first-order chi connectivity index (χ1) is 16.0. The molecule has 0 fully saturated rings. The van der Waals surface area contributed by atoms with Crippen LogP contribution >= 0.6 is 11.3 Å². The zero-order chi connectivity index (χ0) is 23.2. The standard InChI is InChI=1S/C24H26N4O4S/c1-2-3-4-5-12-31-18-9-7-17(8-10-18)28(23(25)30)24-27-20(15-33-24)16-6-11-21-19(13-16)26-22(29)14-32-21/h6-11,13,15H,2-5,12,14H2,1H3,(H2,25,30)(H,26,29). The van der Waals surface area contributed by atoms with Gasteiger partial charge in [0.1, 0.15) is 11.5 Å². The van der Waals surface area contributed by atoms with Crippen molar-refractivity contribution in [1.82, 2.24) is 4.98 Å². The number of nitrogens with zero attached hydrogens (tertiary/aromatic N) is 2. The highest BCUT2D eigenvalue weighted by Gasteiger charge is 2.21. The van der Waals surface area contributed by atoms with Crippen LogP contribution < -0.4 is 25.4 Å². The predicted molar refractivity (Wildman–Crippen MR) is 129 cm³/mol. The third-order valence-electron chi connectivity index (χ3n) is 5.17. The summed E-state index contributed by atoms with van der Waals surface area (Å²) in [7, 11) is 0. The van der Waals surface area contributed by atoms with Gasteiger partial charge in [0.15, 0.2) is 11.7 Å². The Balaban J connectivity index is 1.49. The largest absolute Gasteiger partial charge is 0.494 e. The van der Waals surface area contributed by atoms with Crippen LogP contribution in [0.5, 0.6) is 11.5 Å².